The second-order valence-corrected chi connectivity index (χ2v) is 8.95. The molecule has 2 aromatic rings. The van der Waals surface area contributed by atoms with E-state index in [1.165, 1.54) is 12.1 Å². The molecule has 0 bridgehead atoms. The molecule has 2 aromatic carbocycles. The Labute approximate surface area is 185 Å². The summed E-state index contributed by atoms with van der Waals surface area (Å²) < 4.78 is 29.6. The summed E-state index contributed by atoms with van der Waals surface area (Å²) >= 11 is 0. The molecular formula is C24H32N2O4S. The summed E-state index contributed by atoms with van der Waals surface area (Å²) in [6.07, 6.45) is 6.15. The minimum Gasteiger partial charge on any atom is -0.353 e. The number of nitrogens with one attached hydrogen (secondary N) is 2. The van der Waals surface area contributed by atoms with E-state index in [-0.39, 0.29) is 16.3 Å². The summed E-state index contributed by atoms with van der Waals surface area (Å²) in [6.45, 7) is 11.3. The van der Waals surface area contributed by atoms with Crippen LogP contribution in [0.15, 0.2) is 78.2 Å². The standard InChI is InChI=1S/C17H24N2O.C7H8O3S/c1-4-17(2,3)19-14-8-13-18-16(20)12-11-15-9-6-5-7-10-15;1-6-2-4-7(5-3-6)11(8,9)10/h4-7,9-12,19H,1,8,13-14H2,2-3H3,(H,18,20);2-5H,1H3,(H,8,9,10). The highest BCUT2D eigenvalue weighted by Crippen LogP contribution is 2.08. The summed E-state index contributed by atoms with van der Waals surface area (Å²) in [6, 6.07) is 15.8. The normalized spacial score (nSPS) is 11.5. The van der Waals surface area contributed by atoms with Crippen molar-refractivity contribution in [2.45, 2.75) is 37.6 Å². The van der Waals surface area contributed by atoms with Crippen LogP contribution in [0.2, 0.25) is 0 Å². The van der Waals surface area contributed by atoms with Crippen molar-refractivity contribution in [2.75, 3.05) is 13.1 Å². The second-order valence-electron chi connectivity index (χ2n) is 7.53. The Morgan fingerprint density at radius 3 is 2.23 bits per heavy atom. The van der Waals surface area contributed by atoms with Crippen LogP contribution in [0.1, 0.15) is 31.4 Å². The molecule has 0 aliphatic carbocycles. The topological polar surface area (TPSA) is 95.5 Å². The van der Waals surface area contributed by atoms with Crippen molar-refractivity contribution in [1.29, 1.82) is 0 Å². The molecule has 168 valence electrons. The van der Waals surface area contributed by atoms with Gasteiger partial charge in [0.1, 0.15) is 0 Å². The van der Waals surface area contributed by atoms with Crippen LogP contribution in [0, 0.1) is 6.92 Å². The summed E-state index contributed by atoms with van der Waals surface area (Å²) in [5.74, 6) is -0.0585. The van der Waals surface area contributed by atoms with Crippen LogP contribution in [0.25, 0.3) is 6.08 Å². The number of rotatable bonds is 9. The lowest BCUT2D eigenvalue weighted by atomic mass is 10.1. The molecule has 6 nitrogen and oxygen atoms in total. The van der Waals surface area contributed by atoms with E-state index in [9.17, 15) is 13.2 Å². The fraction of sp³-hybridized carbons (Fsp3) is 0.292. The Morgan fingerprint density at radius 2 is 1.68 bits per heavy atom. The van der Waals surface area contributed by atoms with Crippen LogP contribution < -0.4 is 10.6 Å². The Kier molecular flexibility index (Phi) is 10.9. The van der Waals surface area contributed by atoms with Gasteiger partial charge in [0.25, 0.3) is 10.1 Å². The maximum atomic E-state index is 11.6. The van der Waals surface area contributed by atoms with E-state index in [1.54, 1.807) is 18.2 Å². The highest BCUT2D eigenvalue weighted by molar-refractivity contribution is 7.85. The van der Waals surface area contributed by atoms with Crippen molar-refractivity contribution in [1.82, 2.24) is 10.6 Å². The molecule has 0 aromatic heterocycles. The maximum absolute atomic E-state index is 11.6. The van der Waals surface area contributed by atoms with E-state index in [2.05, 4.69) is 31.1 Å². The zero-order valence-electron chi connectivity index (χ0n) is 18.3. The van der Waals surface area contributed by atoms with E-state index in [1.807, 2.05) is 49.4 Å². The third kappa shape index (κ3) is 11.9. The minimum absolute atomic E-state index is 0.0583. The van der Waals surface area contributed by atoms with E-state index in [4.69, 9.17) is 4.55 Å². The molecule has 0 atom stereocenters. The smallest absolute Gasteiger partial charge is 0.294 e. The predicted molar refractivity (Wildman–Crippen MR) is 126 cm³/mol. The number of benzene rings is 2. The first-order valence-corrected chi connectivity index (χ1v) is 11.4. The molecule has 0 saturated heterocycles. The van der Waals surface area contributed by atoms with E-state index < -0.39 is 10.1 Å². The third-order valence-corrected chi connectivity index (χ3v) is 5.16. The van der Waals surface area contributed by atoms with Crippen molar-refractivity contribution in [2.24, 2.45) is 0 Å². The van der Waals surface area contributed by atoms with Crippen molar-refractivity contribution in [3.05, 3.63) is 84.5 Å². The van der Waals surface area contributed by atoms with Gasteiger partial charge in [-0.3, -0.25) is 9.35 Å². The molecule has 7 heteroatoms. The third-order valence-electron chi connectivity index (χ3n) is 4.29. The number of amides is 1. The number of hydrogen-bond donors (Lipinski definition) is 3. The van der Waals surface area contributed by atoms with Gasteiger partial charge in [-0.1, -0.05) is 54.1 Å². The lowest BCUT2D eigenvalue weighted by Gasteiger charge is -2.21. The summed E-state index contributed by atoms with van der Waals surface area (Å²) in [4.78, 5) is 11.5. The van der Waals surface area contributed by atoms with Gasteiger partial charge in [-0.25, -0.2) is 0 Å². The number of carbonyl (C=O) groups is 1. The molecule has 0 radical (unpaired) electrons. The number of aryl methyl sites for hydroxylation is 1. The molecule has 1 amide bonds. The number of hydrogen-bond acceptors (Lipinski definition) is 4. The number of carbonyl (C=O) groups excluding carboxylic acids is 1. The van der Waals surface area contributed by atoms with E-state index >= 15 is 0 Å². The van der Waals surface area contributed by atoms with Crippen LogP contribution in [0.4, 0.5) is 0 Å². The van der Waals surface area contributed by atoms with Crippen LogP contribution >= 0.6 is 0 Å². The molecule has 0 unspecified atom stereocenters. The Bertz CT molecular complexity index is 951. The van der Waals surface area contributed by atoms with E-state index in [0.717, 1.165) is 24.1 Å². The monoisotopic (exact) mass is 444 g/mol. The summed E-state index contributed by atoms with van der Waals surface area (Å²) in [5.41, 5.74) is 1.92. The SMILES string of the molecule is C=CC(C)(C)NCCCNC(=O)C=Cc1ccccc1.Cc1ccc(S(=O)(=O)O)cc1. The largest absolute Gasteiger partial charge is 0.353 e. The van der Waals surface area contributed by atoms with Gasteiger partial charge in [0.2, 0.25) is 5.91 Å². The lowest BCUT2D eigenvalue weighted by Crippen LogP contribution is -2.38. The molecule has 3 N–H and O–H groups in total. The molecule has 0 saturated carbocycles. The average Bonchev–Trinajstić information content (AvgIpc) is 2.73. The predicted octanol–water partition coefficient (Wildman–Crippen LogP) is 4.00. The van der Waals surface area contributed by atoms with Crippen LogP contribution in [0.3, 0.4) is 0 Å². The Hall–Kier alpha value is -2.74. The quantitative estimate of drug-likeness (QED) is 0.235. The maximum Gasteiger partial charge on any atom is 0.294 e. The molecular weight excluding hydrogens is 412 g/mol. The van der Waals surface area contributed by atoms with Gasteiger partial charge in [-0.15, -0.1) is 6.58 Å². The lowest BCUT2D eigenvalue weighted by molar-refractivity contribution is -0.116. The fourth-order valence-corrected chi connectivity index (χ4v) is 2.77. The summed E-state index contributed by atoms with van der Waals surface area (Å²) in [5, 5.41) is 6.22. The van der Waals surface area contributed by atoms with Crippen molar-refractivity contribution in [3.8, 4) is 0 Å². The highest BCUT2D eigenvalue weighted by Gasteiger charge is 2.10. The van der Waals surface area contributed by atoms with Crippen LogP contribution in [-0.4, -0.2) is 37.5 Å². The van der Waals surface area contributed by atoms with E-state index in [0.29, 0.717) is 6.54 Å². The second kappa shape index (κ2) is 12.8. The van der Waals surface area contributed by atoms with Gasteiger partial charge >= 0.3 is 0 Å². The first kappa shape index (κ1) is 26.3. The van der Waals surface area contributed by atoms with Crippen molar-refractivity contribution >= 4 is 22.1 Å². The van der Waals surface area contributed by atoms with Gasteiger partial charge in [-0.05, 0) is 57.5 Å². The molecule has 0 aliphatic heterocycles. The zero-order chi connectivity index (χ0) is 23.3. The van der Waals surface area contributed by atoms with Crippen LogP contribution in [-0.2, 0) is 14.9 Å². The van der Waals surface area contributed by atoms with Gasteiger partial charge < -0.3 is 10.6 Å². The molecule has 2 rings (SSSR count). The van der Waals surface area contributed by atoms with Gasteiger partial charge in [-0.2, -0.15) is 8.42 Å². The molecule has 31 heavy (non-hydrogen) atoms. The first-order valence-electron chi connectivity index (χ1n) is 9.97. The van der Waals surface area contributed by atoms with Gasteiger partial charge in [0.05, 0.1) is 4.90 Å². The Balaban J connectivity index is 0.000000367. The van der Waals surface area contributed by atoms with Crippen molar-refractivity contribution in [3.63, 3.8) is 0 Å². The molecule has 0 heterocycles. The summed E-state index contributed by atoms with van der Waals surface area (Å²) in [7, 11) is -4.02. The zero-order valence-corrected chi connectivity index (χ0v) is 19.2. The molecule has 0 aliphatic rings. The highest BCUT2D eigenvalue weighted by atomic mass is 32.2. The Morgan fingerprint density at radius 1 is 1.06 bits per heavy atom. The fourth-order valence-electron chi connectivity index (χ4n) is 2.29. The van der Waals surface area contributed by atoms with Crippen LogP contribution in [0.5, 0.6) is 0 Å². The molecule has 0 fully saturated rings. The minimum atomic E-state index is -4.02. The first-order chi connectivity index (χ1) is 14.5. The molecule has 0 spiro atoms. The van der Waals surface area contributed by atoms with Gasteiger partial charge in [0.15, 0.2) is 0 Å². The van der Waals surface area contributed by atoms with Gasteiger partial charge in [0, 0.05) is 18.2 Å². The average molecular weight is 445 g/mol. The van der Waals surface area contributed by atoms with Crippen molar-refractivity contribution < 1.29 is 17.8 Å².